The zero-order valence-corrected chi connectivity index (χ0v) is 11.4. The summed E-state index contributed by atoms with van der Waals surface area (Å²) in [5.41, 5.74) is -0.105. The smallest absolute Gasteiger partial charge is 0.258 e. The summed E-state index contributed by atoms with van der Waals surface area (Å²) in [6, 6.07) is 4.10. The van der Waals surface area contributed by atoms with Gasteiger partial charge in [-0.25, -0.2) is 8.42 Å². The van der Waals surface area contributed by atoms with Crippen LogP contribution in [-0.2, 0) is 9.05 Å². The van der Waals surface area contributed by atoms with Crippen molar-refractivity contribution >= 4 is 48.8 Å². The summed E-state index contributed by atoms with van der Waals surface area (Å²) in [6.45, 7) is 0. The third kappa shape index (κ3) is 5.12. The molecule has 0 aliphatic carbocycles. The second-order valence-electron chi connectivity index (χ2n) is 2.96. The molecule has 0 atom stereocenters. The highest BCUT2D eigenvalue weighted by atomic mass is 35.7. The van der Waals surface area contributed by atoms with E-state index in [1.54, 1.807) is 0 Å². The highest BCUT2D eigenvalue weighted by molar-refractivity contribution is 8.14. The normalized spacial score (nSPS) is 11.4. The van der Waals surface area contributed by atoms with E-state index in [1.165, 1.54) is 18.2 Å². The van der Waals surface area contributed by atoms with Crippen LogP contribution in [0.2, 0.25) is 5.02 Å². The molecule has 0 heterocycles. The molecule has 5 nitrogen and oxygen atoms in total. The van der Waals surface area contributed by atoms with Gasteiger partial charge in [-0.15, -0.1) is 11.8 Å². The molecule has 0 aliphatic rings. The molecule has 0 radical (unpaired) electrons. The Morgan fingerprint density at radius 1 is 1.41 bits per heavy atom. The van der Waals surface area contributed by atoms with Gasteiger partial charge in [-0.05, 0) is 12.1 Å². The lowest BCUT2D eigenvalue weighted by molar-refractivity contribution is -0.387. The van der Waals surface area contributed by atoms with E-state index in [9.17, 15) is 18.5 Å². The zero-order valence-electron chi connectivity index (χ0n) is 8.30. The molecule has 9 heteroatoms. The van der Waals surface area contributed by atoms with Crippen LogP contribution >= 0.6 is 34.0 Å². The third-order valence-electron chi connectivity index (χ3n) is 1.70. The number of benzene rings is 1. The van der Waals surface area contributed by atoms with Crippen molar-refractivity contribution in [3.8, 4) is 0 Å². The Bertz CT molecular complexity index is 532. The Morgan fingerprint density at radius 3 is 2.59 bits per heavy atom. The molecular formula is C8H7Cl2NO4S2. The largest absolute Gasteiger partial charge is 0.282 e. The molecule has 0 saturated heterocycles. The number of hydrogen-bond acceptors (Lipinski definition) is 5. The van der Waals surface area contributed by atoms with E-state index in [4.69, 9.17) is 22.3 Å². The van der Waals surface area contributed by atoms with Gasteiger partial charge in [0, 0.05) is 27.5 Å². The Morgan fingerprint density at radius 2 is 2.06 bits per heavy atom. The molecule has 0 N–H and O–H groups in total. The van der Waals surface area contributed by atoms with Crippen LogP contribution in [0.3, 0.4) is 0 Å². The lowest BCUT2D eigenvalue weighted by Crippen LogP contribution is -2.00. The molecule has 0 aromatic heterocycles. The van der Waals surface area contributed by atoms with Crippen molar-refractivity contribution in [3.63, 3.8) is 0 Å². The van der Waals surface area contributed by atoms with Crippen molar-refractivity contribution in [2.45, 2.75) is 4.90 Å². The summed E-state index contributed by atoms with van der Waals surface area (Å²) >= 11 is 6.74. The number of nitro groups is 1. The molecule has 1 aromatic carbocycles. The first kappa shape index (κ1) is 14.6. The van der Waals surface area contributed by atoms with Gasteiger partial charge in [0.1, 0.15) is 0 Å². The zero-order chi connectivity index (χ0) is 13.1. The van der Waals surface area contributed by atoms with Crippen molar-refractivity contribution in [2.24, 2.45) is 0 Å². The van der Waals surface area contributed by atoms with Gasteiger partial charge in [0.15, 0.2) is 0 Å². The van der Waals surface area contributed by atoms with Crippen LogP contribution in [0.25, 0.3) is 0 Å². The summed E-state index contributed by atoms with van der Waals surface area (Å²) in [5, 5.41) is 11.1. The molecule has 0 saturated carbocycles. The minimum Gasteiger partial charge on any atom is -0.258 e. The van der Waals surface area contributed by atoms with Gasteiger partial charge in [0.05, 0.1) is 15.6 Å². The van der Waals surface area contributed by atoms with Crippen molar-refractivity contribution in [1.82, 2.24) is 0 Å². The van der Waals surface area contributed by atoms with Crippen molar-refractivity contribution < 1.29 is 13.3 Å². The molecular weight excluding hydrogens is 309 g/mol. The molecule has 94 valence electrons. The third-order valence-corrected chi connectivity index (χ3v) is 4.40. The van der Waals surface area contributed by atoms with E-state index >= 15 is 0 Å². The topological polar surface area (TPSA) is 77.3 Å². The van der Waals surface area contributed by atoms with E-state index in [-0.39, 0.29) is 17.2 Å². The van der Waals surface area contributed by atoms with Crippen LogP contribution in [0.15, 0.2) is 23.1 Å². The molecule has 17 heavy (non-hydrogen) atoms. The first-order valence-electron chi connectivity index (χ1n) is 4.28. The summed E-state index contributed by atoms with van der Waals surface area (Å²) in [5.74, 6) is -0.129. The molecule has 0 fully saturated rings. The summed E-state index contributed by atoms with van der Waals surface area (Å²) in [6.07, 6.45) is 0. The van der Waals surface area contributed by atoms with E-state index in [2.05, 4.69) is 0 Å². The van der Waals surface area contributed by atoms with E-state index in [1.807, 2.05) is 0 Å². The molecule has 0 amide bonds. The van der Waals surface area contributed by atoms with Gasteiger partial charge < -0.3 is 0 Å². The Labute approximate surface area is 112 Å². The van der Waals surface area contributed by atoms with E-state index < -0.39 is 14.0 Å². The molecule has 0 unspecified atom stereocenters. The first-order valence-corrected chi connectivity index (χ1v) is 8.13. The first-order chi connectivity index (χ1) is 7.79. The molecule has 0 spiro atoms. The molecule has 1 rings (SSSR count). The maximum absolute atomic E-state index is 10.7. The summed E-state index contributed by atoms with van der Waals surface area (Å²) in [4.78, 5) is 10.5. The van der Waals surface area contributed by atoms with E-state index in [0.717, 1.165) is 11.8 Å². The van der Waals surface area contributed by atoms with Gasteiger partial charge in [-0.2, -0.15) is 0 Å². The maximum atomic E-state index is 10.7. The number of halogens is 2. The lowest BCUT2D eigenvalue weighted by Gasteiger charge is -2.02. The number of hydrogen-bond donors (Lipinski definition) is 0. The van der Waals surface area contributed by atoms with Gasteiger partial charge in [0.2, 0.25) is 9.05 Å². The quantitative estimate of drug-likeness (QED) is 0.361. The standard InChI is InChI=1S/C8H7Cl2NO4S2/c9-6-1-2-7(11(12)13)8(5-6)16-3-4-17(10,14)15/h1-2,5H,3-4H2. The van der Waals surface area contributed by atoms with Crippen LogP contribution in [0.5, 0.6) is 0 Å². The molecule has 0 bridgehead atoms. The van der Waals surface area contributed by atoms with Gasteiger partial charge >= 0.3 is 0 Å². The average molecular weight is 316 g/mol. The minimum absolute atomic E-state index is 0.105. The fraction of sp³-hybridized carbons (Fsp3) is 0.250. The Hall–Kier alpha value is -0.500. The fourth-order valence-corrected chi connectivity index (χ4v) is 3.66. The van der Waals surface area contributed by atoms with Gasteiger partial charge in [0.25, 0.3) is 5.69 Å². The van der Waals surface area contributed by atoms with Gasteiger partial charge in [-0.3, -0.25) is 10.1 Å². The van der Waals surface area contributed by atoms with Crippen molar-refractivity contribution in [1.29, 1.82) is 0 Å². The van der Waals surface area contributed by atoms with Crippen molar-refractivity contribution in [3.05, 3.63) is 33.3 Å². The minimum atomic E-state index is -3.59. The number of rotatable bonds is 5. The number of nitro benzene ring substituents is 1. The van der Waals surface area contributed by atoms with Crippen LogP contribution in [0.1, 0.15) is 0 Å². The predicted molar refractivity (Wildman–Crippen MR) is 68.5 cm³/mol. The highest BCUT2D eigenvalue weighted by Gasteiger charge is 2.15. The van der Waals surface area contributed by atoms with Crippen LogP contribution < -0.4 is 0 Å². The SMILES string of the molecule is O=[N+]([O-])c1ccc(Cl)cc1SCCS(=O)(=O)Cl. The van der Waals surface area contributed by atoms with E-state index in [0.29, 0.717) is 9.92 Å². The van der Waals surface area contributed by atoms with Crippen LogP contribution in [0.4, 0.5) is 5.69 Å². The van der Waals surface area contributed by atoms with Crippen LogP contribution in [-0.4, -0.2) is 24.8 Å². The van der Waals surface area contributed by atoms with Gasteiger partial charge in [-0.1, -0.05) is 11.6 Å². The molecule has 0 aliphatic heterocycles. The fourth-order valence-electron chi connectivity index (χ4n) is 1.01. The second kappa shape index (κ2) is 5.90. The number of nitrogens with zero attached hydrogens (tertiary/aromatic N) is 1. The molecule has 1 aromatic rings. The number of thioether (sulfide) groups is 1. The summed E-state index contributed by atoms with van der Waals surface area (Å²) in [7, 11) is 1.44. The van der Waals surface area contributed by atoms with Crippen LogP contribution in [0, 0.1) is 10.1 Å². The Kier molecular flexibility index (Phi) is 5.05. The predicted octanol–water partition coefficient (Wildman–Crippen LogP) is 2.91. The second-order valence-corrected chi connectivity index (χ2v) is 7.43. The monoisotopic (exact) mass is 315 g/mol. The van der Waals surface area contributed by atoms with Crippen molar-refractivity contribution in [2.75, 3.05) is 11.5 Å². The Balaban J connectivity index is 2.82. The average Bonchev–Trinajstić information content (AvgIpc) is 2.15. The summed E-state index contributed by atoms with van der Waals surface area (Å²) < 4.78 is 21.4. The highest BCUT2D eigenvalue weighted by Crippen LogP contribution is 2.31. The maximum Gasteiger partial charge on any atom is 0.282 e. The lowest BCUT2D eigenvalue weighted by atomic mass is 10.3.